The van der Waals surface area contributed by atoms with Crippen LogP contribution in [0.25, 0.3) is 0 Å². The maximum Gasteiger partial charge on any atom is 0.283 e. The van der Waals surface area contributed by atoms with Crippen molar-refractivity contribution in [1.29, 1.82) is 0 Å². The molecule has 0 bridgehead atoms. The van der Waals surface area contributed by atoms with Crippen LogP contribution in [0.5, 0.6) is 0 Å². The second-order valence-corrected chi connectivity index (χ2v) is 9.91. The van der Waals surface area contributed by atoms with Gasteiger partial charge >= 0.3 is 0 Å². The molecule has 0 radical (unpaired) electrons. The highest BCUT2D eigenvalue weighted by atomic mass is 32.2. The lowest BCUT2D eigenvalue weighted by Gasteiger charge is -2.38. The summed E-state index contributed by atoms with van der Waals surface area (Å²) in [5.41, 5.74) is 2.88. The number of benzene rings is 2. The molecule has 0 aromatic heterocycles. The minimum absolute atomic E-state index is 0.213. The summed E-state index contributed by atoms with van der Waals surface area (Å²) in [6, 6.07) is 14.4. The Morgan fingerprint density at radius 3 is 2.57 bits per heavy atom. The van der Waals surface area contributed by atoms with Gasteiger partial charge in [0.1, 0.15) is 10.9 Å². The molecule has 1 aliphatic heterocycles. The van der Waals surface area contributed by atoms with Crippen LogP contribution < -0.4 is 10.2 Å². The molecule has 0 saturated carbocycles. The molecule has 1 unspecified atom stereocenters. The zero-order valence-corrected chi connectivity index (χ0v) is 18.4. The zero-order chi connectivity index (χ0) is 20.5. The Hall–Kier alpha value is -1.65. The summed E-state index contributed by atoms with van der Waals surface area (Å²) in [6.07, 6.45) is 0. The SMILES string of the molecule is CC(CN(C)C)N1c2ccccc2Sc2ccc(C(=S)NCS(=O)(=O)O)cc21. The van der Waals surface area contributed by atoms with Crippen molar-refractivity contribution >= 4 is 50.5 Å². The van der Waals surface area contributed by atoms with Gasteiger partial charge in [-0.3, -0.25) is 4.55 Å². The molecule has 0 saturated heterocycles. The molecule has 150 valence electrons. The molecule has 2 aromatic rings. The lowest BCUT2D eigenvalue weighted by atomic mass is 10.1. The van der Waals surface area contributed by atoms with Gasteiger partial charge in [0.15, 0.2) is 0 Å². The quantitative estimate of drug-likeness (QED) is 0.527. The average molecular weight is 438 g/mol. The summed E-state index contributed by atoms with van der Waals surface area (Å²) in [7, 11) is -0.0440. The smallest absolute Gasteiger partial charge is 0.283 e. The molecular formula is C19H23N3O3S3. The topological polar surface area (TPSA) is 72.9 Å². The van der Waals surface area contributed by atoms with Crippen LogP contribution in [0.2, 0.25) is 0 Å². The third-order valence-corrected chi connectivity index (χ3v) is 6.33. The molecule has 2 aromatic carbocycles. The Bertz CT molecular complexity index is 993. The van der Waals surface area contributed by atoms with E-state index in [1.807, 2.05) is 44.4 Å². The predicted octanol–water partition coefficient (Wildman–Crippen LogP) is 3.35. The minimum Gasteiger partial charge on any atom is -0.360 e. The molecule has 0 amide bonds. The molecule has 6 nitrogen and oxygen atoms in total. The van der Waals surface area contributed by atoms with Gasteiger partial charge in [-0.05, 0) is 45.3 Å². The Labute approximate surface area is 175 Å². The summed E-state index contributed by atoms with van der Waals surface area (Å²) in [4.78, 5) is 7.04. The van der Waals surface area contributed by atoms with Crippen molar-refractivity contribution in [2.45, 2.75) is 22.8 Å². The Kier molecular flexibility index (Phi) is 6.31. The first-order chi connectivity index (χ1) is 13.2. The molecule has 3 rings (SSSR count). The maximum atomic E-state index is 11.0. The number of nitrogens with one attached hydrogen (secondary N) is 1. The average Bonchev–Trinajstić information content (AvgIpc) is 2.62. The maximum absolute atomic E-state index is 11.0. The van der Waals surface area contributed by atoms with E-state index in [1.54, 1.807) is 11.8 Å². The second-order valence-electron chi connectivity index (χ2n) is 6.97. The van der Waals surface area contributed by atoms with Crippen molar-refractivity contribution in [3.8, 4) is 0 Å². The number of hydrogen-bond acceptors (Lipinski definition) is 6. The van der Waals surface area contributed by atoms with Gasteiger partial charge in [0, 0.05) is 27.9 Å². The number of fused-ring (bicyclic) bond motifs is 2. The molecule has 1 aliphatic rings. The highest BCUT2D eigenvalue weighted by molar-refractivity contribution is 7.99. The summed E-state index contributed by atoms with van der Waals surface area (Å²) in [5, 5.41) is 2.60. The summed E-state index contributed by atoms with van der Waals surface area (Å²) >= 11 is 7.03. The monoisotopic (exact) mass is 437 g/mol. The molecule has 0 fully saturated rings. The number of rotatable bonds is 6. The number of anilines is 2. The van der Waals surface area contributed by atoms with E-state index < -0.39 is 16.0 Å². The normalized spacial score (nSPS) is 14.4. The molecule has 28 heavy (non-hydrogen) atoms. The fourth-order valence-corrected chi connectivity index (χ4v) is 4.94. The van der Waals surface area contributed by atoms with Crippen molar-refractivity contribution in [2.24, 2.45) is 0 Å². The van der Waals surface area contributed by atoms with E-state index in [-0.39, 0.29) is 11.0 Å². The molecule has 0 aliphatic carbocycles. The molecule has 9 heteroatoms. The minimum atomic E-state index is -4.14. The molecule has 0 spiro atoms. The van der Waals surface area contributed by atoms with Crippen LogP contribution in [0.3, 0.4) is 0 Å². The summed E-state index contributed by atoms with van der Waals surface area (Å²) in [5.74, 6) is -0.610. The van der Waals surface area contributed by atoms with Gasteiger partial charge < -0.3 is 15.1 Å². The first-order valence-electron chi connectivity index (χ1n) is 8.74. The van der Waals surface area contributed by atoms with E-state index in [0.717, 1.165) is 22.8 Å². The van der Waals surface area contributed by atoms with Crippen LogP contribution in [0.1, 0.15) is 12.5 Å². The number of likely N-dealkylation sites (N-methyl/N-ethyl adjacent to an activating group) is 1. The van der Waals surface area contributed by atoms with Gasteiger partial charge in [-0.1, -0.05) is 42.2 Å². The first-order valence-corrected chi connectivity index (χ1v) is 11.6. The van der Waals surface area contributed by atoms with Crippen molar-refractivity contribution in [3.63, 3.8) is 0 Å². The Morgan fingerprint density at radius 1 is 1.21 bits per heavy atom. The fraction of sp³-hybridized carbons (Fsp3) is 0.316. The number of hydrogen-bond donors (Lipinski definition) is 2. The van der Waals surface area contributed by atoms with Gasteiger partial charge in [-0.15, -0.1) is 0 Å². The number of para-hydroxylation sites is 1. The van der Waals surface area contributed by atoms with E-state index >= 15 is 0 Å². The number of nitrogens with zero attached hydrogens (tertiary/aromatic N) is 2. The van der Waals surface area contributed by atoms with Crippen LogP contribution >= 0.6 is 24.0 Å². The van der Waals surface area contributed by atoms with Crippen molar-refractivity contribution in [1.82, 2.24) is 10.2 Å². The number of thiocarbonyl (C=S) groups is 1. The lowest BCUT2D eigenvalue weighted by molar-refractivity contribution is 0.380. The van der Waals surface area contributed by atoms with E-state index in [2.05, 4.69) is 34.2 Å². The van der Waals surface area contributed by atoms with E-state index in [1.165, 1.54) is 4.90 Å². The third-order valence-electron chi connectivity index (χ3n) is 4.31. The highest BCUT2D eigenvalue weighted by Crippen LogP contribution is 2.49. The second kappa shape index (κ2) is 8.38. The summed E-state index contributed by atoms with van der Waals surface area (Å²) in [6.45, 7) is 3.05. The Morgan fingerprint density at radius 2 is 1.89 bits per heavy atom. The van der Waals surface area contributed by atoms with Gasteiger partial charge in [0.05, 0.1) is 11.4 Å². The van der Waals surface area contributed by atoms with Crippen LogP contribution in [-0.4, -0.2) is 55.4 Å². The first kappa shape index (κ1) is 21.1. The van der Waals surface area contributed by atoms with Crippen LogP contribution in [0.15, 0.2) is 52.3 Å². The standard InChI is InChI=1S/C19H23N3O3S3/c1-13(11-21(2)3)22-15-6-4-5-7-17(15)27-18-9-8-14(10-16(18)22)19(26)20-12-28(23,24)25/h4-10,13H,11-12H2,1-3H3,(H,20,26)(H,23,24,25). The van der Waals surface area contributed by atoms with Crippen LogP contribution in [0, 0.1) is 0 Å². The van der Waals surface area contributed by atoms with Gasteiger partial charge in [0.2, 0.25) is 0 Å². The molecule has 1 heterocycles. The third kappa shape index (κ3) is 4.84. The highest BCUT2D eigenvalue weighted by Gasteiger charge is 2.27. The van der Waals surface area contributed by atoms with E-state index in [0.29, 0.717) is 5.56 Å². The van der Waals surface area contributed by atoms with E-state index in [4.69, 9.17) is 16.8 Å². The summed E-state index contributed by atoms with van der Waals surface area (Å²) < 4.78 is 30.9. The van der Waals surface area contributed by atoms with Crippen molar-refractivity contribution in [3.05, 3.63) is 48.0 Å². The largest absolute Gasteiger partial charge is 0.360 e. The Balaban J connectivity index is 1.99. The van der Waals surface area contributed by atoms with Gasteiger partial charge in [-0.2, -0.15) is 8.42 Å². The van der Waals surface area contributed by atoms with Crippen molar-refractivity contribution in [2.75, 3.05) is 31.4 Å². The van der Waals surface area contributed by atoms with Gasteiger partial charge in [0.25, 0.3) is 10.1 Å². The molecular weight excluding hydrogens is 414 g/mol. The van der Waals surface area contributed by atoms with E-state index in [9.17, 15) is 8.42 Å². The zero-order valence-electron chi connectivity index (χ0n) is 15.9. The van der Waals surface area contributed by atoms with Gasteiger partial charge in [-0.25, -0.2) is 0 Å². The van der Waals surface area contributed by atoms with Crippen molar-refractivity contribution < 1.29 is 13.0 Å². The van der Waals surface area contributed by atoms with Crippen LogP contribution in [-0.2, 0) is 10.1 Å². The predicted molar refractivity (Wildman–Crippen MR) is 118 cm³/mol. The fourth-order valence-electron chi connectivity index (χ4n) is 3.27. The lowest BCUT2D eigenvalue weighted by Crippen LogP contribution is -2.38. The van der Waals surface area contributed by atoms with Crippen LogP contribution in [0.4, 0.5) is 11.4 Å². The molecule has 1 atom stereocenters. The molecule has 2 N–H and O–H groups in total.